The Kier molecular flexibility index (Phi) is 4.71. The number of hydrogen-bond donors (Lipinski definition) is 1. The van der Waals surface area contributed by atoms with E-state index in [1.165, 1.54) is 0 Å². The Morgan fingerprint density at radius 1 is 1.44 bits per heavy atom. The summed E-state index contributed by atoms with van der Waals surface area (Å²) in [4.78, 5) is 14.1. The lowest BCUT2D eigenvalue weighted by Crippen LogP contribution is -2.49. The molecule has 0 aromatic heterocycles. The summed E-state index contributed by atoms with van der Waals surface area (Å²) in [6.45, 7) is 6.76. The SMILES string of the molecule is O=C(CCN1CCOCC1)C1CNCC[N]1. The third-order valence-electron chi connectivity index (χ3n) is 3.13. The zero-order chi connectivity index (χ0) is 11.2. The average Bonchev–Trinajstić information content (AvgIpc) is 2.38. The number of carbonyl (C=O) groups is 1. The topological polar surface area (TPSA) is 55.7 Å². The molecule has 5 nitrogen and oxygen atoms in total. The van der Waals surface area contributed by atoms with Gasteiger partial charge in [0.15, 0.2) is 5.78 Å². The van der Waals surface area contributed by atoms with Gasteiger partial charge in [-0.15, -0.1) is 0 Å². The predicted molar refractivity (Wildman–Crippen MR) is 60.5 cm³/mol. The van der Waals surface area contributed by atoms with Gasteiger partial charge in [0.1, 0.15) is 0 Å². The van der Waals surface area contributed by atoms with Gasteiger partial charge in [0, 0.05) is 45.7 Å². The minimum absolute atomic E-state index is 0.102. The number of rotatable bonds is 4. The van der Waals surface area contributed by atoms with Crippen LogP contribution in [0.1, 0.15) is 6.42 Å². The van der Waals surface area contributed by atoms with E-state index in [1.807, 2.05) is 0 Å². The Morgan fingerprint density at radius 2 is 2.25 bits per heavy atom. The number of nitrogens with zero attached hydrogens (tertiary/aromatic N) is 2. The van der Waals surface area contributed by atoms with E-state index in [1.54, 1.807) is 0 Å². The number of ketones is 1. The molecule has 5 heteroatoms. The quantitative estimate of drug-likeness (QED) is 0.658. The third-order valence-corrected chi connectivity index (χ3v) is 3.13. The van der Waals surface area contributed by atoms with Crippen molar-refractivity contribution in [3.63, 3.8) is 0 Å². The second-order valence-corrected chi connectivity index (χ2v) is 4.30. The Morgan fingerprint density at radius 3 is 2.94 bits per heavy atom. The number of Topliss-reactive ketones (excluding diaryl/α,β-unsaturated/α-hetero) is 1. The molecule has 2 aliphatic heterocycles. The molecule has 2 aliphatic rings. The van der Waals surface area contributed by atoms with E-state index in [-0.39, 0.29) is 11.8 Å². The second-order valence-electron chi connectivity index (χ2n) is 4.30. The van der Waals surface area contributed by atoms with Crippen LogP contribution >= 0.6 is 0 Å². The Balaban J connectivity index is 1.65. The van der Waals surface area contributed by atoms with Crippen LogP contribution in [0.3, 0.4) is 0 Å². The number of ether oxygens (including phenoxy) is 1. The summed E-state index contributed by atoms with van der Waals surface area (Å²) in [6.07, 6.45) is 0.621. The molecular weight excluding hydrogens is 206 g/mol. The highest BCUT2D eigenvalue weighted by atomic mass is 16.5. The first kappa shape index (κ1) is 12.0. The van der Waals surface area contributed by atoms with Crippen molar-refractivity contribution in [2.75, 3.05) is 52.5 Å². The lowest BCUT2D eigenvalue weighted by molar-refractivity contribution is -0.121. The van der Waals surface area contributed by atoms with E-state index in [2.05, 4.69) is 15.5 Å². The minimum Gasteiger partial charge on any atom is -0.379 e. The highest BCUT2D eigenvalue weighted by molar-refractivity contribution is 5.84. The summed E-state index contributed by atoms with van der Waals surface area (Å²) in [5, 5.41) is 7.54. The van der Waals surface area contributed by atoms with Gasteiger partial charge in [0.25, 0.3) is 0 Å². The Bertz CT molecular complexity index is 223. The molecule has 0 amide bonds. The number of morpholine rings is 1. The predicted octanol–water partition coefficient (Wildman–Crippen LogP) is -1.15. The van der Waals surface area contributed by atoms with Crippen LogP contribution in [0.25, 0.3) is 0 Å². The number of hydrogen-bond acceptors (Lipinski definition) is 4. The van der Waals surface area contributed by atoms with E-state index < -0.39 is 0 Å². The van der Waals surface area contributed by atoms with Crippen LogP contribution in [-0.2, 0) is 9.53 Å². The summed E-state index contributed by atoms with van der Waals surface area (Å²) in [7, 11) is 0. The highest BCUT2D eigenvalue weighted by Crippen LogP contribution is 2.01. The first-order chi connectivity index (χ1) is 7.86. The zero-order valence-corrected chi connectivity index (χ0v) is 9.65. The van der Waals surface area contributed by atoms with Crippen molar-refractivity contribution in [1.29, 1.82) is 0 Å². The van der Waals surface area contributed by atoms with Crippen LogP contribution in [0.15, 0.2) is 0 Å². The summed E-state index contributed by atoms with van der Waals surface area (Å²) < 4.78 is 5.27. The van der Waals surface area contributed by atoms with Gasteiger partial charge in [-0.25, -0.2) is 5.32 Å². The first-order valence-corrected chi connectivity index (χ1v) is 6.06. The van der Waals surface area contributed by atoms with Crippen LogP contribution in [0.5, 0.6) is 0 Å². The Labute approximate surface area is 96.5 Å². The van der Waals surface area contributed by atoms with Crippen molar-refractivity contribution in [3.8, 4) is 0 Å². The monoisotopic (exact) mass is 226 g/mol. The molecule has 1 atom stereocenters. The first-order valence-electron chi connectivity index (χ1n) is 6.06. The molecule has 0 aromatic rings. The van der Waals surface area contributed by atoms with Crippen molar-refractivity contribution in [2.24, 2.45) is 0 Å². The lowest BCUT2D eigenvalue weighted by atomic mass is 10.1. The molecule has 16 heavy (non-hydrogen) atoms. The van der Waals surface area contributed by atoms with Crippen LogP contribution in [0.4, 0.5) is 0 Å². The molecule has 0 aromatic carbocycles. The molecule has 1 unspecified atom stereocenters. The fraction of sp³-hybridized carbons (Fsp3) is 0.909. The maximum Gasteiger partial charge on any atom is 0.153 e. The molecule has 91 valence electrons. The maximum atomic E-state index is 11.8. The van der Waals surface area contributed by atoms with Crippen molar-refractivity contribution in [3.05, 3.63) is 0 Å². The maximum absolute atomic E-state index is 11.8. The van der Waals surface area contributed by atoms with E-state index in [0.717, 1.165) is 52.5 Å². The molecular formula is C11H20N3O2. The molecule has 1 N–H and O–H groups in total. The molecule has 2 fully saturated rings. The van der Waals surface area contributed by atoms with E-state index in [4.69, 9.17) is 4.74 Å². The van der Waals surface area contributed by atoms with Crippen molar-refractivity contribution in [1.82, 2.24) is 15.5 Å². The zero-order valence-electron chi connectivity index (χ0n) is 9.65. The third kappa shape index (κ3) is 3.52. The second kappa shape index (κ2) is 6.30. The molecule has 2 rings (SSSR count). The van der Waals surface area contributed by atoms with Gasteiger partial charge in [0.05, 0.1) is 19.3 Å². The molecule has 0 spiro atoms. The van der Waals surface area contributed by atoms with E-state index in [0.29, 0.717) is 6.42 Å². The van der Waals surface area contributed by atoms with Crippen LogP contribution < -0.4 is 10.6 Å². The normalized spacial score (nSPS) is 27.9. The lowest BCUT2D eigenvalue weighted by Gasteiger charge is -2.27. The molecule has 0 bridgehead atoms. The standard InChI is InChI=1S/C11H20N3O2/c15-11(10-9-12-2-3-13-10)1-4-14-5-7-16-8-6-14/h10,12H,1-9H2. The number of piperazine rings is 1. The smallest absolute Gasteiger partial charge is 0.153 e. The average molecular weight is 226 g/mol. The molecule has 1 radical (unpaired) electrons. The van der Waals surface area contributed by atoms with Crippen molar-refractivity contribution in [2.45, 2.75) is 12.5 Å². The highest BCUT2D eigenvalue weighted by Gasteiger charge is 2.22. The van der Waals surface area contributed by atoms with E-state index in [9.17, 15) is 4.79 Å². The van der Waals surface area contributed by atoms with Gasteiger partial charge in [-0.1, -0.05) is 0 Å². The van der Waals surface area contributed by atoms with Crippen LogP contribution in [0.2, 0.25) is 0 Å². The van der Waals surface area contributed by atoms with Gasteiger partial charge in [-0.3, -0.25) is 9.69 Å². The molecule has 2 heterocycles. The summed E-state index contributed by atoms with van der Waals surface area (Å²) in [6, 6.07) is -0.102. The van der Waals surface area contributed by atoms with Gasteiger partial charge in [0.2, 0.25) is 0 Å². The van der Waals surface area contributed by atoms with Crippen molar-refractivity contribution >= 4 is 5.78 Å². The van der Waals surface area contributed by atoms with Crippen LogP contribution in [-0.4, -0.2) is 69.2 Å². The van der Waals surface area contributed by atoms with Crippen molar-refractivity contribution < 1.29 is 9.53 Å². The van der Waals surface area contributed by atoms with E-state index >= 15 is 0 Å². The number of carbonyl (C=O) groups excluding carboxylic acids is 1. The molecule has 2 saturated heterocycles. The van der Waals surface area contributed by atoms with Gasteiger partial charge in [-0.05, 0) is 0 Å². The number of nitrogens with one attached hydrogen (secondary N) is 1. The summed E-state index contributed by atoms with van der Waals surface area (Å²) >= 11 is 0. The minimum atomic E-state index is -0.102. The van der Waals surface area contributed by atoms with Crippen LogP contribution in [0, 0.1) is 0 Å². The molecule has 0 aliphatic carbocycles. The summed E-state index contributed by atoms with van der Waals surface area (Å²) in [5.41, 5.74) is 0. The largest absolute Gasteiger partial charge is 0.379 e. The molecule has 0 saturated carbocycles. The fourth-order valence-corrected chi connectivity index (χ4v) is 2.08. The summed E-state index contributed by atoms with van der Waals surface area (Å²) in [5.74, 6) is 0.277. The van der Waals surface area contributed by atoms with Gasteiger partial charge < -0.3 is 10.1 Å². The van der Waals surface area contributed by atoms with Gasteiger partial charge in [-0.2, -0.15) is 0 Å². The fourth-order valence-electron chi connectivity index (χ4n) is 2.08. The van der Waals surface area contributed by atoms with Gasteiger partial charge >= 0.3 is 0 Å². The Hall–Kier alpha value is -0.490.